The lowest BCUT2D eigenvalue weighted by atomic mass is 9.92. The normalized spacial score (nSPS) is 21.8. The number of para-hydroxylation sites is 1. The Morgan fingerprint density at radius 2 is 1.84 bits per heavy atom. The van der Waals surface area contributed by atoms with Crippen LogP contribution in [0, 0.1) is 3.57 Å². The number of carbonyl (C=O) groups is 2. The monoisotopic (exact) mass is 370 g/mol. The number of rotatable bonds is 1. The van der Waals surface area contributed by atoms with E-state index in [1.807, 2.05) is 24.3 Å². The number of nitrogens with one attached hydrogen (secondary N) is 1. The first-order valence-corrected chi connectivity index (χ1v) is 7.58. The van der Waals surface area contributed by atoms with Crippen LogP contribution in [0.4, 0.5) is 5.69 Å². The van der Waals surface area contributed by atoms with Gasteiger partial charge < -0.3 is 5.32 Å². The summed E-state index contributed by atoms with van der Waals surface area (Å²) >= 11 is 2.21. The molecule has 5 heteroatoms. The van der Waals surface area contributed by atoms with Crippen LogP contribution in [-0.4, -0.2) is 23.9 Å². The third-order valence-electron chi connectivity index (χ3n) is 3.94. The molecule has 19 heavy (non-hydrogen) atoms. The Bertz CT molecular complexity index is 538. The molecule has 2 fully saturated rings. The first kappa shape index (κ1) is 12.9. The summed E-state index contributed by atoms with van der Waals surface area (Å²) in [4.78, 5) is 26.4. The Balaban J connectivity index is 1.99. The zero-order valence-corrected chi connectivity index (χ0v) is 12.6. The molecule has 3 rings (SSSR count). The van der Waals surface area contributed by atoms with E-state index in [4.69, 9.17) is 0 Å². The second-order valence-corrected chi connectivity index (χ2v) is 6.34. The van der Waals surface area contributed by atoms with Crippen molar-refractivity contribution in [3.05, 3.63) is 27.8 Å². The van der Waals surface area contributed by atoms with Crippen molar-refractivity contribution in [3.8, 4) is 0 Å². The number of hydrogen-bond acceptors (Lipinski definition) is 2. The summed E-state index contributed by atoms with van der Waals surface area (Å²) in [6.45, 7) is 0.126. The van der Waals surface area contributed by atoms with Crippen molar-refractivity contribution in [2.45, 2.75) is 31.2 Å². The summed E-state index contributed by atoms with van der Waals surface area (Å²) in [5.74, 6) is -0.00475. The van der Waals surface area contributed by atoms with Crippen LogP contribution in [-0.2, 0) is 9.59 Å². The van der Waals surface area contributed by atoms with Crippen molar-refractivity contribution in [2.75, 3.05) is 11.4 Å². The summed E-state index contributed by atoms with van der Waals surface area (Å²) in [6.07, 6.45) is 3.53. The van der Waals surface area contributed by atoms with Gasteiger partial charge in [-0.3, -0.25) is 14.5 Å². The van der Waals surface area contributed by atoms with Gasteiger partial charge in [0.1, 0.15) is 12.1 Å². The van der Waals surface area contributed by atoms with Gasteiger partial charge in [-0.15, -0.1) is 0 Å². The largest absolute Gasteiger partial charge is 0.340 e. The first-order valence-electron chi connectivity index (χ1n) is 6.50. The van der Waals surface area contributed by atoms with E-state index < -0.39 is 5.54 Å². The average molecular weight is 370 g/mol. The van der Waals surface area contributed by atoms with Gasteiger partial charge in [0.25, 0.3) is 5.91 Å². The molecule has 1 spiro atoms. The summed E-state index contributed by atoms with van der Waals surface area (Å²) in [6, 6.07) is 7.70. The van der Waals surface area contributed by atoms with Gasteiger partial charge in [-0.25, -0.2) is 0 Å². The molecular weight excluding hydrogens is 355 g/mol. The number of benzene rings is 1. The van der Waals surface area contributed by atoms with Gasteiger partial charge >= 0.3 is 0 Å². The van der Waals surface area contributed by atoms with E-state index in [1.165, 1.54) is 0 Å². The van der Waals surface area contributed by atoms with E-state index in [2.05, 4.69) is 27.9 Å². The second-order valence-electron chi connectivity index (χ2n) is 5.18. The lowest BCUT2D eigenvalue weighted by Gasteiger charge is -2.40. The Labute approximate surface area is 125 Å². The lowest BCUT2D eigenvalue weighted by molar-refractivity contribution is -0.135. The van der Waals surface area contributed by atoms with E-state index in [-0.39, 0.29) is 18.4 Å². The van der Waals surface area contributed by atoms with Gasteiger partial charge in [0.15, 0.2) is 0 Å². The predicted octanol–water partition coefficient (Wildman–Crippen LogP) is 2.07. The molecule has 1 aliphatic carbocycles. The number of amides is 2. The maximum atomic E-state index is 12.8. The van der Waals surface area contributed by atoms with Crippen molar-refractivity contribution in [3.63, 3.8) is 0 Å². The van der Waals surface area contributed by atoms with Gasteiger partial charge in [0.2, 0.25) is 5.91 Å². The van der Waals surface area contributed by atoms with Crippen LogP contribution in [0.1, 0.15) is 25.7 Å². The summed E-state index contributed by atoms with van der Waals surface area (Å²) in [7, 11) is 0. The minimum Gasteiger partial charge on any atom is -0.340 e. The average Bonchev–Trinajstić information content (AvgIpc) is 2.84. The number of nitrogens with zero attached hydrogens (tertiary/aromatic N) is 1. The zero-order valence-electron chi connectivity index (χ0n) is 10.5. The van der Waals surface area contributed by atoms with Crippen molar-refractivity contribution in [2.24, 2.45) is 0 Å². The van der Waals surface area contributed by atoms with Crippen molar-refractivity contribution in [1.82, 2.24) is 5.32 Å². The molecule has 4 nitrogen and oxygen atoms in total. The Morgan fingerprint density at radius 1 is 1.16 bits per heavy atom. The minimum atomic E-state index is -0.645. The second kappa shape index (κ2) is 4.77. The van der Waals surface area contributed by atoms with Gasteiger partial charge in [-0.1, -0.05) is 25.0 Å². The van der Waals surface area contributed by atoms with E-state index in [0.29, 0.717) is 0 Å². The molecule has 1 N–H and O–H groups in total. The van der Waals surface area contributed by atoms with Crippen LogP contribution in [0.25, 0.3) is 0 Å². The number of carbonyl (C=O) groups excluding carboxylic acids is 2. The molecule has 1 aliphatic heterocycles. The SMILES string of the molecule is O=C1CN(c2ccccc2I)C(=O)C2(CCCC2)N1. The molecule has 0 aromatic heterocycles. The molecule has 2 aliphatic rings. The fourth-order valence-corrected chi connectivity index (χ4v) is 3.69. The lowest BCUT2D eigenvalue weighted by Crippen LogP contribution is -2.65. The maximum absolute atomic E-state index is 12.8. The Kier molecular flexibility index (Phi) is 3.24. The van der Waals surface area contributed by atoms with Gasteiger partial charge in [0.05, 0.1) is 5.69 Å². The smallest absolute Gasteiger partial charge is 0.253 e. The molecule has 1 saturated heterocycles. The first-order chi connectivity index (χ1) is 9.12. The third kappa shape index (κ3) is 2.13. The van der Waals surface area contributed by atoms with Crippen molar-refractivity contribution < 1.29 is 9.59 Å². The third-order valence-corrected chi connectivity index (χ3v) is 4.85. The molecule has 1 heterocycles. The fourth-order valence-electron chi connectivity index (χ4n) is 3.02. The van der Waals surface area contributed by atoms with E-state index in [1.54, 1.807) is 4.90 Å². The van der Waals surface area contributed by atoms with Crippen LogP contribution in [0.5, 0.6) is 0 Å². The van der Waals surface area contributed by atoms with Gasteiger partial charge in [-0.05, 0) is 47.6 Å². The number of piperazine rings is 1. The van der Waals surface area contributed by atoms with E-state index in [0.717, 1.165) is 34.9 Å². The molecule has 0 bridgehead atoms. The van der Waals surface area contributed by atoms with Gasteiger partial charge in [-0.2, -0.15) is 0 Å². The highest BCUT2D eigenvalue weighted by atomic mass is 127. The summed E-state index contributed by atoms with van der Waals surface area (Å²) in [5.41, 5.74) is 0.197. The number of hydrogen-bond donors (Lipinski definition) is 1. The van der Waals surface area contributed by atoms with Crippen molar-refractivity contribution in [1.29, 1.82) is 0 Å². The molecule has 2 amide bonds. The molecule has 1 aromatic carbocycles. The predicted molar refractivity (Wildman–Crippen MR) is 80.9 cm³/mol. The fraction of sp³-hybridized carbons (Fsp3) is 0.429. The van der Waals surface area contributed by atoms with Crippen LogP contribution >= 0.6 is 22.6 Å². The highest BCUT2D eigenvalue weighted by Gasteiger charge is 2.48. The molecule has 0 radical (unpaired) electrons. The van der Waals surface area contributed by atoms with E-state index in [9.17, 15) is 9.59 Å². The molecule has 1 saturated carbocycles. The quantitative estimate of drug-likeness (QED) is 0.770. The number of halogens is 1. The van der Waals surface area contributed by atoms with Gasteiger partial charge in [0, 0.05) is 3.57 Å². The highest BCUT2D eigenvalue weighted by molar-refractivity contribution is 14.1. The van der Waals surface area contributed by atoms with Crippen LogP contribution in [0.2, 0.25) is 0 Å². The van der Waals surface area contributed by atoms with E-state index >= 15 is 0 Å². The maximum Gasteiger partial charge on any atom is 0.253 e. The topological polar surface area (TPSA) is 49.4 Å². The van der Waals surface area contributed by atoms with Crippen molar-refractivity contribution >= 4 is 40.1 Å². The Morgan fingerprint density at radius 3 is 2.53 bits per heavy atom. The molecule has 0 unspecified atom stereocenters. The molecule has 1 aromatic rings. The zero-order chi connectivity index (χ0) is 13.5. The highest BCUT2D eigenvalue weighted by Crippen LogP contribution is 2.35. The summed E-state index contributed by atoms with van der Waals surface area (Å²) in [5, 5.41) is 2.93. The number of anilines is 1. The standard InChI is InChI=1S/C14H15IN2O2/c15-10-5-1-2-6-11(10)17-9-12(18)16-14(13(17)19)7-3-4-8-14/h1-2,5-6H,3-4,7-9H2,(H,16,18). The molecule has 0 atom stereocenters. The molecule has 100 valence electrons. The minimum absolute atomic E-state index is 0.0497. The van der Waals surface area contributed by atoms with Crippen LogP contribution in [0.15, 0.2) is 24.3 Å². The van der Waals surface area contributed by atoms with Crippen LogP contribution in [0.3, 0.4) is 0 Å². The summed E-state index contributed by atoms with van der Waals surface area (Å²) < 4.78 is 0.997. The van der Waals surface area contributed by atoms with Crippen LogP contribution < -0.4 is 10.2 Å². The molecular formula is C14H15IN2O2. The Hall–Kier alpha value is -1.11.